The van der Waals surface area contributed by atoms with Gasteiger partial charge in [0.05, 0.1) is 0 Å². The Balaban J connectivity index is 2.24. The SMILES string of the molecule is CC(C)C(CCCl)c1ccc2c(c1)CCC2. The average molecular weight is 237 g/mol. The van der Waals surface area contributed by atoms with Gasteiger partial charge in [0.2, 0.25) is 0 Å². The second kappa shape index (κ2) is 5.23. The van der Waals surface area contributed by atoms with Crippen LogP contribution in [0, 0.1) is 5.92 Å². The van der Waals surface area contributed by atoms with Crippen LogP contribution in [0.1, 0.15) is 49.3 Å². The minimum atomic E-state index is 0.628. The molecule has 0 bridgehead atoms. The molecule has 1 heteroatoms. The van der Waals surface area contributed by atoms with E-state index in [1.165, 1.54) is 24.8 Å². The lowest BCUT2D eigenvalue weighted by molar-refractivity contribution is 0.487. The average Bonchev–Trinajstić information content (AvgIpc) is 2.72. The van der Waals surface area contributed by atoms with E-state index in [9.17, 15) is 0 Å². The van der Waals surface area contributed by atoms with Gasteiger partial charge < -0.3 is 0 Å². The molecule has 0 aromatic heterocycles. The topological polar surface area (TPSA) is 0 Å². The second-order valence-electron chi connectivity index (χ2n) is 5.21. The van der Waals surface area contributed by atoms with E-state index in [4.69, 9.17) is 11.6 Å². The lowest BCUT2D eigenvalue weighted by Gasteiger charge is -2.21. The number of hydrogen-bond acceptors (Lipinski definition) is 0. The molecule has 1 unspecified atom stereocenters. The lowest BCUT2D eigenvalue weighted by Crippen LogP contribution is -2.08. The van der Waals surface area contributed by atoms with Crippen molar-refractivity contribution in [3.8, 4) is 0 Å². The van der Waals surface area contributed by atoms with E-state index < -0.39 is 0 Å². The molecule has 88 valence electrons. The van der Waals surface area contributed by atoms with Gasteiger partial charge in [-0.3, -0.25) is 0 Å². The quantitative estimate of drug-likeness (QED) is 0.674. The van der Waals surface area contributed by atoms with Gasteiger partial charge in [-0.25, -0.2) is 0 Å². The Labute approximate surface area is 104 Å². The van der Waals surface area contributed by atoms with Gasteiger partial charge in [0.15, 0.2) is 0 Å². The highest BCUT2D eigenvalue weighted by Gasteiger charge is 2.18. The van der Waals surface area contributed by atoms with Crippen LogP contribution in [-0.2, 0) is 12.8 Å². The fourth-order valence-corrected chi connectivity index (χ4v) is 3.06. The first kappa shape index (κ1) is 12.0. The molecule has 1 aliphatic rings. The van der Waals surface area contributed by atoms with Crippen LogP contribution in [-0.4, -0.2) is 5.88 Å². The van der Waals surface area contributed by atoms with Crippen LogP contribution in [0.25, 0.3) is 0 Å². The predicted octanol–water partition coefficient (Wildman–Crippen LogP) is 4.54. The zero-order valence-corrected chi connectivity index (χ0v) is 11.1. The van der Waals surface area contributed by atoms with E-state index >= 15 is 0 Å². The maximum atomic E-state index is 5.91. The van der Waals surface area contributed by atoms with Crippen LogP contribution >= 0.6 is 11.6 Å². The van der Waals surface area contributed by atoms with Crippen molar-refractivity contribution in [3.05, 3.63) is 34.9 Å². The molecule has 0 spiro atoms. The first-order valence-electron chi connectivity index (χ1n) is 6.40. The summed E-state index contributed by atoms with van der Waals surface area (Å²) in [5, 5.41) is 0. The van der Waals surface area contributed by atoms with Gasteiger partial charge in [-0.15, -0.1) is 11.6 Å². The van der Waals surface area contributed by atoms with Crippen molar-refractivity contribution < 1.29 is 0 Å². The van der Waals surface area contributed by atoms with Crippen molar-refractivity contribution in [1.29, 1.82) is 0 Å². The van der Waals surface area contributed by atoms with Crippen LogP contribution in [0.3, 0.4) is 0 Å². The minimum absolute atomic E-state index is 0.628. The summed E-state index contributed by atoms with van der Waals surface area (Å²) in [6, 6.07) is 7.09. The summed E-state index contributed by atoms with van der Waals surface area (Å²) < 4.78 is 0. The van der Waals surface area contributed by atoms with Crippen LogP contribution in [0.4, 0.5) is 0 Å². The fraction of sp³-hybridized carbons (Fsp3) is 0.600. The molecule has 0 saturated heterocycles. The number of fused-ring (bicyclic) bond motifs is 1. The molecular weight excluding hydrogens is 216 g/mol. The summed E-state index contributed by atoms with van der Waals surface area (Å²) in [7, 11) is 0. The first-order valence-corrected chi connectivity index (χ1v) is 6.93. The maximum Gasteiger partial charge on any atom is 0.0229 e. The van der Waals surface area contributed by atoms with E-state index in [-0.39, 0.29) is 0 Å². The maximum absolute atomic E-state index is 5.91. The molecule has 0 heterocycles. The Morgan fingerprint density at radius 1 is 1.19 bits per heavy atom. The molecule has 1 aromatic rings. The van der Waals surface area contributed by atoms with Crippen LogP contribution in [0.5, 0.6) is 0 Å². The summed E-state index contributed by atoms with van der Waals surface area (Å²) in [5.41, 5.74) is 4.64. The van der Waals surface area contributed by atoms with Crippen molar-refractivity contribution in [2.75, 3.05) is 5.88 Å². The highest BCUT2D eigenvalue weighted by Crippen LogP contribution is 2.32. The summed E-state index contributed by atoms with van der Waals surface area (Å²) in [5.74, 6) is 2.07. The van der Waals surface area contributed by atoms with Crippen molar-refractivity contribution in [2.45, 2.75) is 45.4 Å². The molecule has 0 radical (unpaired) electrons. The fourth-order valence-electron chi connectivity index (χ4n) is 2.82. The number of benzene rings is 1. The molecule has 1 aromatic carbocycles. The summed E-state index contributed by atoms with van der Waals surface area (Å²) in [4.78, 5) is 0. The van der Waals surface area contributed by atoms with Gasteiger partial charge in [-0.05, 0) is 54.2 Å². The molecule has 1 atom stereocenters. The summed E-state index contributed by atoms with van der Waals surface area (Å²) >= 11 is 5.91. The van der Waals surface area contributed by atoms with E-state index in [1.807, 2.05) is 0 Å². The summed E-state index contributed by atoms with van der Waals surface area (Å²) in [6.07, 6.45) is 4.98. The Morgan fingerprint density at radius 3 is 2.62 bits per heavy atom. The van der Waals surface area contributed by atoms with Crippen molar-refractivity contribution in [2.24, 2.45) is 5.92 Å². The van der Waals surface area contributed by atoms with E-state index in [0.717, 1.165) is 12.3 Å². The summed E-state index contributed by atoms with van der Waals surface area (Å²) in [6.45, 7) is 4.59. The molecule has 0 N–H and O–H groups in total. The molecule has 1 aliphatic carbocycles. The second-order valence-corrected chi connectivity index (χ2v) is 5.59. The highest BCUT2D eigenvalue weighted by atomic mass is 35.5. The highest BCUT2D eigenvalue weighted by molar-refractivity contribution is 6.17. The third-order valence-corrected chi connectivity index (χ3v) is 3.99. The number of rotatable bonds is 4. The normalized spacial score (nSPS) is 16.5. The molecule has 16 heavy (non-hydrogen) atoms. The zero-order chi connectivity index (χ0) is 11.5. The minimum Gasteiger partial charge on any atom is -0.127 e. The molecule has 0 saturated carbocycles. The Kier molecular flexibility index (Phi) is 3.91. The molecule has 0 fully saturated rings. The van der Waals surface area contributed by atoms with Crippen LogP contribution in [0.2, 0.25) is 0 Å². The zero-order valence-electron chi connectivity index (χ0n) is 10.3. The third kappa shape index (κ3) is 2.43. The smallest absolute Gasteiger partial charge is 0.0229 e. The van der Waals surface area contributed by atoms with Gasteiger partial charge >= 0.3 is 0 Å². The largest absolute Gasteiger partial charge is 0.127 e. The molecule has 0 nitrogen and oxygen atoms in total. The van der Waals surface area contributed by atoms with Gasteiger partial charge in [0, 0.05) is 5.88 Å². The van der Waals surface area contributed by atoms with Gasteiger partial charge in [0.1, 0.15) is 0 Å². The Hall–Kier alpha value is -0.490. The third-order valence-electron chi connectivity index (χ3n) is 3.78. The van der Waals surface area contributed by atoms with Crippen LogP contribution < -0.4 is 0 Å². The predicted molar refractivity (Wildman–Crippen MR) is 71.4 cm³/mol. The van der Waals surface area contributed by atoms with Crippen molar-refractivity contribution in [3.63, 3.8) is 0 Å². The Morgan fingerprint density at radius 2 is 1.94 bits per heavy atom. The molecule has 0 aliphatic heterocycles. The molecule has 2 rings (SSSR count). The van der Waals surface area contributed by atoms with E-state index in [1.54, 1.807) is 11.1 Å². The standard InChI is InChI=1S/C15H21Cl/c1-11(2)15(8-9-16)14-7-6-12-4-3-5-13(12)10-14/h6-7,10-11,15H,3-5,8-9H2,1-2H3. The lowest BCUT2D eigenvalue weighted by atomic mass is 9.85. The van der Waals surface area contributed by atoms with Gasteiger partial charge in [-0.2, -0.15) is 0 Å². The number of hydrogen-bond donors (Lipinski definition) is 0. The van der Waals surface area contributed by atoms with Crippen LogP contribution in [0.15, 0.2) is 18.2 Å². The number of halogens is 1. The number of aryl methyl sites for hydroxylation is 2. The molecular formula is C15H21Cl. The monoisotopic (exact) mass is 236 g/mol. The van der Waals surface area contributed by atoms with Gasteiger partial charge in [0.25, 0.3) is 0 Å². The Bertz CT molecular complexity index is 354. The van der Waals surface area contributed by atoms with Crippen molar-refractivity contribution in [1.82, 2.24) is 0 Å². The first-order chi connectivity index (χ1) is 7.72. The molecule has 0 amide bonds. The van der Waals surface area contributed by atoms with Crippen molar-refractivity contribution >= 4 is 11.6 Å². The van der Waals surface area contributed by atoms with E-state index in [2.05, 4.69) is 32.0 Å². The van der Waals surface area contributed by atoms with E-state index in [0.29, 0.717) is 11.8 Å². The van der Waals surface area contributed by atoms with Gasteiger partial charge in [-0.1, -0.05) is 32.0 Å². The number of alkyl halides is 1.